The van der Waals surface area contributed by atoms with E-state index in [0.29, 0.717) is 0 Å². The van der Waals surface area contributed by atoms with E-state index < -0.39 is 9.84 Å². The van der Waals surface area contributed by atoms with E-state index in [1.165, 1.54) is 11.6 Å². The average Bonchev–Trinajstić information content (AvgIpc) is 2.37. The minimum atomic E-state index is -3.24. The van der Waals surface area contributed by atoms with Crippen LogP contribution in [0.4, 0.5) is 0 Å². The normalized spacial score (nSPS) is 11.3. The highest BCUT2D eigenvalue weighted by molar-refractivity contribution is 7.93. The van der Waals surface area contributed by atoms with Gasteiger partial charge in [-0.05, 0) is 0 Å². The zero-order valence-corrected chi connectivity index (χ0v) is 7.23. The number of aromatic nitrogens is 2. The molecule has 1 aromatic heterocycles. The third-order valence-electron chi connectivity index (χ3n) is 0.943. The highest BCUT2D eigenvalue weighted by Crippen LogP contribution is 2.11. The summed E-state index contributed by atoms with van der Waals surface area (Å²) in [7, 11) is -3.24. The van der Waals surface area contributed by atoms with Crippen molar-refractivity contribution in [3.05, 3.63) is 18.2 Å². The Morgan fingerprint density at radius 2 is 2.45 bits per heavy atom. The van der Waals surface area contributed by atoms with Crippen molar-refractivity contribution in [2.24, 2.45) is 0 Å². The molecule has 0 saturated heterocycles. The van der Waals surface area contributed by atoms with Crippen LogP contribution in [0.15, 0.2) is 22.5 Å². The number of hydrogen-bond donors (Lipinski definition) is 0. The van der Waals surface area contributed by atoms with Crippen molar-refractivity contribution in [3.8, 4) is 0 Å². The quantitative estimate of drug-likeness (QED) is 0.651. The second kappa shape index (κ2) is 3.10. The molecule has 0 fully saturated rings. The molecule has 1 rings (SSSR count). The molecule has 6 heteroatoms. The lowest BCUT2D eigenvalue weighted by atomic mass is 10.8. The van der Waals surface area contributed by atoms with Crippen LogP contribution in [0, 0.1) is 0 Å². The van der Waals surface area contributed by atoms with Gasteiger partial charge in [0.15, 0.2) is 0 Å². The zero-order chi connectivity index (χ0) is 8.32. The molecular formula is C5H6N2O2S2. The van der Waals surface area contributed by atoms with Crippen LogP contribution in [0.5, 0.6) is 0 Å². The molecule has 0 spiro atoms. The van der Waals surface area contributed by atoms with E-state index in [2.05, 4.69) is 16.8 Å². The number of sulfone groups is 1. The predicted molar refractivity (Wildman–Crippen MR) is 42.2 cm³/mol. The van der Waals surface area contributed by atoms with Gasteiger partial charge in [0.05, 0.1) is 5.75 Å². The summed E-state index contributed by atoms with van der Waals surface area (Å²) in [6, 6.07) is 0. The number of rotatable bonds is 3. The first-order chi connectivity index (χ1) is 5.17. The van der Waals surface area contributed by atoms with E-state index in [4.69, 9.17) is 0 Å². The van der Waals surface area contributed by atoms with Gasteiger partial charge >= 0.3 is 0 Å². The lowest BCUT2D eigenvalue weighted by Crippen LogP contribution is -2.03. The molecule has 0 aliphatic rings. The van der Waals surface area contributed by atoms with Crippen molar-refractivity contribution in [1.82, 2.24) is 10.2 Å². The maximum absolute atomic E-state index is 11.1. The second-order valence-corrected chi connectivity index (χ2v) is 4.82. The van der Waals surface area contributed by atoms with Gasteiger partial charge in [0, 0.05) is 0 Å². The maximum Gasteiger partial charge on any atom is 0.232 e. The first-order valence-electron chi connectivity index (χ1n) is 2.76. The first kappa shape index (κ1) is 8.35. The molecule has 0 bridgehead atoms. The van der Waals surface area contributed by atoms with Crippen molar-refractivity contribution < 1.29 is 8.42 Å². The van der Waals surface area contributed by atoms with Crippen LogP contribution < -0.4 is 0 Å². The Morgan fingerprint density at radius 1 is 1.73 bits per heavy atom. The SMILES string of the molecule is C=CCS(=O)(=O)c1nncs1. The van der Waals surface area contributed by atoms with Gasteiger partial charge in [-0.15, -0.1) is 16.8 Å². The monoisotopic (exact) mass is 190 g/mol. The molecule has 0 amide bonds. The van der Waals surface area contributed by atoms with Crippen LogP contribution in [-0.2, 0) is 9.84 Å². The van der Waals surface area contributed by atoms with Crippen LogP contribution in [0.1, 0.15) is 0 Å². The van der Waals surface area contributed by atoms with E-state index in [-0.39, 0.29) is 10.1 Å². The second-order valence-electron chi connectivity index (χ2n) is 1.77. The van der Waals surface area contributed by atoms with Crippen LogP contribution in [0.3, 0.4) is 0 Å². The fraction of sp³-hybridized carbons (Fsp3) is 0.200. The molecule has 0 aromatic carbocycles. The smallest absolute Gasteiger partial charge is 0.221 e. The molecule has 11 heavy (non-hydrogen) atoms. The molecular weight excluding hydrogens is 184 g/mol. The lowest BCUT2D eigenvalue weighted by Gasteiger charge is -1.91. The Morgan fingerprint density at radius 3 is 2.91 bits per heavy atom. The standard InChI is InChI=1S/C5H6N2O2S2/c1-2-3-11(8,9)5-7-6-4-10-5/h2,4H,1,3H2. The van der Waals surface area contributed by atoms with E-state index in [0.717, 1.165) is 11.3 Å². The molecule has 0 saturated carbocycles. The summed E-state index contributed by atoms with van der Waals surface area (Å²) in [6.07, 6.45) is 1.33. The third-order valence-corrected chi connectivity index (χ3v) is 3.77. The molecule has 1 aromatic rings. The number of hydrogen-bond acceptors (Lipinski definition) is 5. The molecule has 0 aliphatic carbocycles. The Kier molecular flexibility index (Phi) is 2.35. The molecule has 1 heterocycles. The van der Waals surface area contributed by atoms with Crippen LogP contribution in [0.2, 0.25) is 0 Å². The van der Waals surface area contributed by atoms with Gasteiger partial charge in [0.25, 0.3) is 0 Å². The Bertz CT molecular complexity index is 327. The summed E-state index contributed by atoms with van der Waals surface area (Å²) < 4.78 is 22.3. The minimum absolute atomic E-state index is 0.0531. The molecule has 0 radical (unpaired) electrons. The topological polar surface area (TPSA) is 59.9 Å². The van der Waals surface area contributed by atoms with Gasteiger partial charge < -0.3 is 0 Å². The van der Waals surface area contributed by atoms with Gasteiger partial charge in [-0.1, -0.05) is 17.4 Å². The van der Waals surface area contributed by atoms with Crippen LogP contribution in [-0.4, -0.2) is 24.4 Å². The first-order valence-corrected chi connectivity index (χ1v) is 5.30. The highest BCUT2D eigenvalue weighted by Gasteiger charge is 2.15. The van der Waals surface area contributed by atoms with Crippen molar-refractivity contribution in [2.45, 2.75) is 4.34 Å². The summed E-state index contributed by atoms with van der Waals surface area (Å²) in [4.78, 5) is 0. The van der Waals surface area contributed by atoms with Gasteiger partial charge in [0.2, 0.25) is 14.2 Å². The fourth-order valence-electron chi connectivity index (χ4n) is 0.525. The number of nitrogens with zero attached hydrogens (tertiary/aromatic N) is 2. The maximum atomic E-state index is 11.1. The molecule has 0 unspecified atom stereocenters. The Balaban J connectivity index is 3.01. The summed E-state index contributed by atoms with van der Waals surface area (Å²) in [5.41, 5.74) is 1.38. The van der Waals surface area contributed by atoms with Gasteiger partial charge in [-0.25, -0.2) is 8.42 Å². The predicted octanol–water partition coefficient (Wildman–Crippen LogP) is 0.498. The molecule has 60 valence electrons. The highest BCUT2D eigenvalue weighted by atomic mass is 32.2. The van der Waals surface area contributed by atoms with Crippen molar-refractivity contribution in [2.75, 3.05) is 5.75 Å². The zero-order valence-electron chi connectivity index (χ0n) is 5.60. The summed E-state index contributed by atoms with van der Waals surface area (Å²) in [6.45, 7) is 3.33. The fourth-order valence-corrected chi connectivity index (χ4v) is 2.35. The van der Waals surface area contributed by atoms with Crippen LogP contribution >= 0.6 is 11.3 Å². The molecule has 4 nitrogen and oxygen atoms in total. The summed E-state index contributed by atoms with van der Waals surface area (Å²) in [5, 5.41) is 6.87. The largest absolute Gasteiger partial charge is 0.232 e. The summed E-state index contributed by atoms with van der Waals surface area (Å²) >= 11 is 1.01. The summed E-state index contributed by atoms with van der Waals surface area (Å²) in [5.74, 6) is -0.0812. The van der Waals surface area contributed by atoms with E-state index in [1.807, 2.05) is 0 Å². The average molecular weight is 190 g/mol. The van der Waals surface area contributed by atoms with E-state index in [1.54, 1.807) is 0 Å². The molecule has 0 N–H and O–H groups in total. The minimum Gasteiger partial charge on any atom is -0.221 e. The lowest BCUT2D eigenvalue weighted by molar-refractivity contribution is 0.597. The third kappa shape index (κ3) is 1.84. The van der Waals surface area contributed by atoms with E-state index in [9.17, 15) is 8.42 Å². The molecule has 0 aliphatic heterocycles. The van der Waals surface area contributed by atoms with Crippen LogP contribution in [0.25, 0.3) is 0 Å². The Labute approximate surface area is 68.5 Å². The van der Waals surface area contributed by atoms with Crippen molar-refractivity contribution in [1.29, 1.82) is 0 Å². The van der Waals surface area contributed by atoms with Crippen molar-refractivity contribution in [3.63, 3.8) is 0 Å². The Hall–Kier alpha value is -0.750. The van der Waals surface area contributed by atoms with Gasteiger partial charge in [-0.2, -0.15) is 0 Å². The van der Waals surface area contributed by atoms with Crippen molar-refractivity contribution >= 4 is 21.2 Å². The van der Waals surface area contributed by atoms with Gasteiger partial charge in [0.1, 0.15) is 5.51 Å². The van der Waals surface area contributed by atoms with E-state index >= 15 is 0 Å². The molecule has 0 atom stereocenters. The van der Waals surface area contributed by atoms with Gasteiger partial charge in [-0.3, -0.25) is 0 Å².